The van der Waals surface area contributed by atoms with E-state index in [9.17, 15) is 9.59 Å². The zero-order chi connectivity index (χ0) is 19.2. The van der Waals surface area contributed by atoms with E-state index in [2.05, 4.69) is 20.8 Å². The minimum Gasteiger partial charge on any atom is -0.462 e. The third-order valence-corrected chi connectivity index (χ3v) is 3.56. The van der Waals surface area contributed by atoms with Gasteiger partial charge in [0.05, 0.1) is 17.7 Å². The van der Waals surface area contributed by atoms with Crippen molar-refractivity contribution < 1.29 is 18.8 Å². The number of aryl methyl sites for hydroxylation is 1. The fraction of sp³-hybridized carbons (Fsp3) is 0.158. The van der Waals surface area contributed by atoms with Crippen molar-refractivity contribution in [2.45, 2.75) is 13.8 Å². The second-order valence-corrected chi connectivity index (χ2v) is 5.63. The summed E-state index contributed by atoms with van der Waals surface area (Å²) in [7, 11) is 0. The number of amides is 1. The molecule has 27 heavy (non-hydrogen) atoms. The number of carbonyl (C=O) groups excluding carboxylic acids is 2. The average molecular weight is 366 g/mol. The molecule has 0 saturated heterocycles. The van der Waals surface area contributed by atoms with Gasteiger partial charge in [0.2, 0.25) is 0 Å². The maximum absolute atomic E-state index is 12.3. The molecule has 0 fully saturated rings. The molecule has 3 rings (SSSR count). The smallest absolute Gasteiger partial charge is 0.338 e. The Morgan fingerprint density at radius 3 is 2.41 bits per heavy atom. The minimum atomic E-state index is -0.398. The number of rotatable bonds is 6. The predicted octanol–water partition coefficient (Wildman–Crippen LogP) is 3.55. The molecule has 1 aromatic carbocycles. The van der Waals surface area contributed by atoms with Gasteiger partial charge < -0.3 is 19.9 Å². The van der Waals surface area contributed by atoms with E-state index < -0.39 is 5.97 Å². The third-order valence-electron chi connectivity index (χ3n) is 3.56. The highest BCUT2D eigenvalue weighted by Crippen LogP contribution is 2.16. The molecular weight excluding hydrogens is 348 g/mol. The number of nitrogens with one attached hydrogen (secondary N) is 2. The molecule has 2 aromatic heterocycles. The summed E-state index contributed by atoms with van der Waals surface area (Å²) in [5.74, 6) is 1.06. The van der Waals surface area contributed by atoms with Crippen LogP contribution in [0, 0.1) is 6.92 Å². The fourth-order valence-electron chi connectivity index (χ4n) is 2.27. The molecule has 2 heterocycles. The van der Waals surface area contributed by atoms with Crippen LogP contribution >= 0.6 is 0 Å². The molecule has 0 radical (unpaired) electrons. The summed E-state index contributed by atoms with van der Waals surface area (Å²) in [4.78, 5) is 28.1. The Labute approximate surface area is 155 Å². The van der Waals surface area contributed by atoms with Crippen molar-refractivity contribution in [3.63, 3.8) is 0 Å². The largest absolute Gasteiger partial charge is 0.462 e. The Kier molecular flexibility index (Phi) is 5.46. The summed E-state index contributed by atoms with van der Waals surface area (Å²) in [5, 5.41) is 9.54. The first-order valence-corrected chi connectivity index (χ1v) is 8.30. The van der Waals surface area contributed by atoms with Crippen molar-refractivity contribution in [2.75, 3.05) is 17.2 Å². The number of anilines is 3. The SMILES string of the molecule is CCOC(=O)c1ccc(NC(=O)c2ccc(Nc3cc(C)on3)nc2)cc1. The van der Waals surface area contributed by atoms with Crippen LogP contribution < -0.4 is 10.6 Å². The van der Waals surface area contributed by atoms with Crippen LogP contribution in [0.2, 0.25) is 0 Å². The second kappa shape index (κ2) is 8.13. The van der Waals surface area contributed by atoms with Gasteiger partial charge in [-0.15, -0.1) is 0 Å². The number of hydrogen-bond acceptors (Lipinski definition) is 7. The van der Waals surface area contributed by atoms with Crippen LogP contribution in [0.1, 0.15) is 33.4 Å². The van der Waals surface area contributed by atoms with E-state index in [1.165, 1.54) is 6.20 Å². The summed E-state index contributed by atoms with van der Waals surface area (Å²) >= 11 is 0. The first-order chi connectivity index (χ1) is 13.0. The van der Waals surface area contributed by atoms with Crippen molar-refractivity contribution in [1.82, 2.24) is 10.1 Å². The highest BCUT2D eigenvalue weighted by Gasteiger charge is 2.10. The van der Waals surface area contributed by atoms with E-state index in [0.717, 1.165) is 0 Å². The molecule has 0 unspecified atom stereocenters. The molecule has 8 nitrogen and oxygen atoms in total. The van der Waals surface area contributed by atoms with Crippen molar-refractivity contribution >= 4 is 29.2 Å². The molecule has 1 amide bonds. The number of carbonyl (C=O) groups is 2. The number of ether oxygens (including phenoxy) is 1. The number of aromatic nitrogens is 2. The van der Waals surface area contributed by atoms with Gasteiger partial charge in [-0.3, -0.25) is 4.79 Å². The van der Waals surface area contributed by atoms with Gasteiger partial charge in [-0.1, -0.05) is 5.16 Å². The summed E-state index contributed by atoms with van der Waals surface area (Å²) in [5.41, 5.74) is 1.38. The van der Waals surface area contributed by atoms with E-state index in [1.807, 2.05) is 0 Å². The molecule has 2 N–H and O–H groups in total. The first-order valence-electron chi connectivity index (χ1n) is 8.30. The van der Waals surface area contributed by atoms with E-state index >= 15 is 0 Å². The van der Waals surface area contributed by atoms with Crippen LogP contribution in [0.15, 0.2) is 53.2 Å². The molecule has 0 atom stereocenters. The summed E-state index contributed by atoms with van der Waals surface area (Å²) in [6.07, 6.45) is 1.46. The molecule has 0 aliphatic carbocycles. The van der Waals surface area contributed by atoms with Crippen molar-refractivity contribution in [3.05, 3.63) is 65.5 Å². The lowest BCUT2D eigenvalue weighted by Gasteiger charge is -2.07. The van der Waals surface area contributed by atoms with Gasteiger partial charge in [-0.05, 0) is 50.2 Å². The first kappa shape index (κ1) is 18.1. The monoisotopic (exact) mass is 366 g/mol. The van der Waals surface area contributed by atoms with Crippen LogP contribution in [-0.2, 0) is 4.74 Å². The Morgan fingerprint density at radius 2 is 1.81 bits per heavy atom. The maximum Gasteiger partial charge on any atom is 0.338 e. The topological polar surface area (TPSA) is 106 Å². The molecule has 0 bridgehead atoms. The van der Waals surface area contributed by atoms with Gasteiger partial charge in [0, 0.05) is 18.0 Å². The van der Waals surface area contributed by atoms with Crippen molar-refractivity contribution in [3.8, 4) is 0 Å². The fourth-order valence-corrected chi connectivity index (χ4v) is 2.27. The van der Waals surface area contributed by atoms with Crippen molar-refractivity contribution in [2.24, 2.45) is 0 Å². The maximum atomic E-state index is 12.3. The highest BCUT2D eigenvalue weighted by atomic mass is 16.5. The lowest BCUT2D eigenvalue weighted by atomic mass is 10.2. The number of nitrogens with zero attached hydrogens (tertiary/aromatic N) is 2. The molecular formula is C19H18N4O4. The number of esters is 1. The molecule has 138 valence electrons. The quantitative estimate of drug-likeness (QED) is 0.643. The molecule has 0 aliphatic rings. The van der Waals surface area contributed by atoms with Gasteiger partial charge >= 0.3 is 5.97 Å². The predicted molar refractivity (Wildman–Crippen MR) is 99.1 cm³/mol. The van der Waals surface area contributed by atoms with Gasteiger partial charge in [0.1, 0.15) is 11.6 Å². The lowest BCUT2D eigenvalue weighted by Crippen LogP contribution is -2.12. The van der Waals surface area contributed by atoms with Gasteiger partial charge in [0.25, 0.3) is 5.91 Å². The van der Waals surface area contributed by atoms with Crippen LogP contribution in [0.4, 0.5) is 17.3 Å². The normalized spacial score (nSPS) is 10.3. The summed E-state index contributed by atoms with van der Waals surface area (Å²) in [6.45, 7) is 3.85. The van der Waals surface area contributed by atoms with Crippen molar-refractivity contribution in [1.29, 1.82) is 0 Å². The van der Waals surface area contributed by atoms with E-state index in [1.54, 1.807) is 56.3 Å². The second-order valence-electron chi connectivity index (χ2n) is 5.63. The molecule has 8 heteroatoms. The average Bonchev–Trinajstić information content (AvgIpc) is 3.08. The zero-order valence-electron chi connectivity index (χ0n) is 14.9. The Hall–Kier alpha value is -3.68. The van der Waals surface area contributed by atoms with Gasteiger partial charge in [0.15, 0.2) is 5.82 Å². The molecule has 0 spiro atoms. The Bertz CT molecular complexity index is 933. The highest BCUT2D eigenvalue weighted by molar-refractivity contribution is 6.04. The Morgan fingerprint density at radius 1 is 1.07 bits per heavy atom. The standard InChI is InChI=1S/C19H18N4O4/c1-3-26-19(25)13-4-7-15(8-5-13)21-18(24)14-6-9-16(20-11-14)22-17-10-12(2)27-23-17/h4-11H,3H2,1-2H3,(H,21,24)(H,20,22,23). The number of hydrogen-bond donors (Lipinski definition) is 2. The van der Waals surface area contributed by atoms with Crippen LogP contribution in [-0.4, -0.2) is 28.6 Å². The van der Waals surface area contributed by atoms with Crippen LogP contribution in [0.3, 0.4) is 0 Å². The van der Waals surface area contributed by atoms with Crippen LogP contribution in [0.5, 0.6) is 0 Å². The molecule has 0 aliphatic heterocycles. The zero-order valence-corrected chi connectivity index (χ0v) is 14.9. The van der Waals surface area contributed by atoms with Gasteiger partial charge in [-0.25, -0.2) is 9.78 Å². The number of pyridine rings is 1. The van der Waals surface area contributed by atoms with E-state index in [0.29, 0.717) is 40.8 Å². The van der Waals surface area contributed by atoms with E-state index in [-0.39, 0.29) is 5.91 Å². The summed E-state index contributed by atoms with van der Waals surface area (Å²) in [6, 6.07) is 11.5. The Balaban J connectivity index is 1.61. The molecule has 0 saturated carbocycles. The minimum absolute atomic E-state index is 0.310. The van der Waals surface area contributed by atoms with Crippen LogP contribution in [0.25, 0.3) is 0 Å². The van der Waals surface area contributed by atoms with E-state index in [4.69, 9.17) is 9.26 Å². The third kappa shape index (κ3) is 4.69. The lowest BCUT2D eigenvalue weighted by molar-refractivity contribution is 0.0526. The molecule has 3 aromatic rings. The summed E-state index contributed by atoms with van der Waals surface area (Å²) < 4.78 is 9.89. The number of benzene rings is 1. The van der Waals surface area contributed by atoms with Gasteiger partial charge in [-0.2, -0.15) is 0 Å².